The highest BCUT2D eigenvalue weighted by molar-refractivity contribution is 6.16. The molecule has 0 spiro atoms. The molecule has 140 valence electrons. The Morgan fingerprint density at radius 2 is 1.43 bits per heavy atom. The molecular weight excluding hydrogens is 353 g/mol. The highest BCUT2D eigenvalue weighted by Gasteiger charge is 2.42. The Bertz CT molecular complexity index is 1070. The summed E-state index contributed by atoms with van der Waals surface area (Å²) in [6.07, 6.45) is 0. The number of aliphatic hydroxyl groups is 1. The zero-order valence-electron chi connectivity index (χ0n) is 15.7. The van der Waals surface area contributed by atoms with Crippen molar-refractivity contribution in [1.82, 2.24) is 0 Å². The molecule has 0 aliphatic carbocycles. The van der Waals surface area contributed by atoms with Crippen LogP contribution in [-0.2, 0) is 4.79 Å². The van der Waals surface area contributed by atoms with Crippen LogP contribution in [0.3, 0.4) is 0 Å². The standard InChI is InChI=1S/C24H20FNO2/c1-15-7-11-17(12-8-15)21-22(19-5-3-4-6-20(19)25)26(24(28)23(21)27)18-13-9-16(2)10-14-18/h3-14,22,27H,1-2H3/t22-/m0/s1. The van der Waals surface area contributed by atoms with Gasteiger partial charge in [0, 0.05) is 16.8 Å². The molecule has 3 aromatic rings. The minimum Gasteiger partial charge on any atom is -0.503 e. The van der Waals surface area contributed by atoms with Crippen LogP contribution in [0.1, 0.15) is 28.3 Å². The first kappa shape index (κ1) is 18.0. The van der Waals surface area contributed by atoms with Crippen LogP contribution >= 0.6 is 0 Å². The van der Waals surface area contributed by atoms with Gasteiger partial charge in [-0.05, 0) is 37.6 Å². The number of anilines is 1. The normalized spacial score (nSPS) is 16.8. The van der Waals surface area contributed by atoms with Gasteiger partial charge in [0.15, 0.2) is 5.76 Å². The predicted molar refractivity (Wildman–Crippen MR) is 109 cm³/mol. The number of aliphatic hydroxyl groups excluding tert-OH is 1. The molecule has 1 aliphatic rings. The molecule has 0 saturated heterocycles. The lowest BCUT2D eigenvalue weighted by Crippen LogP contribution is -2.30. The molecule has 0 radical (unpaired) electrons. The van der Waals surface area contributed by atoms with Crippen LogP contribution in [0.4, 0.5) is 10.1 Å². The van der Waals surface area contributed by atoms with E-state index in [-0.39, 0.29) is 5.76 Å². The van der Waals surface area contributed by atoms with E-state index >= 15 is 0 Å². The Morgan fingerprint density at radius 1 is 0.857 bits per heavy atom. The SMILES string of the molecule is Cc1ccc(C2=C(O)C(=O)N(c3ccc(C)cc3)[C@H]2c2ccccc2F)cc1. The molecular formula is C24H20FNO2. The average Bonchev–Trinajstić information content (AvgIpc) is 2.95. The molecule has 1 amide bonds. The second-order valence-electron chi connectivity index (χ2n) is 7.06. The third-order valence-electron chi connectivity index (χ3n) is 5.08. The van der Waals surface area contributed by atoms with Gasteiger partial charge in [-0.1, -0.05) is 65.7 Å². The number of benzene rings is 3. The van der Waals surface area contributed by atoms with E-state index in [2.05, 4.69) is 0 Å². The van der Waals surface area contributed by atoms with E-state index in [1.54, 1.807) is 18.2 Å². The van der Waals surface area contributed by atoms with Gasteiger partial charge in [0.05, 0.1) is 6.04 Å². The summed E-state index contributed by atoms with van der Waals surface area (Å²) in [6.45, 7) is 3.92. The van der Waals surface area contributed by atoms with Crippen LogP contribution in [0.25, 0.3) is 5.57 Å². The lowest BCUT2D eigenvalue weighted by molar-refractivity contribution is -0.117. The molecule has 0 aromatic heterocycles. The predicted octanol–water partition coefficient (Wildman–Crippen LogP) is 5.50. The molecule has 3 nitrogen and oxygen atoms in total. The van der Waals surface area contributed by atoms with E-state index in [4.69, 9.17) is 0 Å². The molecule has 1 aliphatic heterocycles. The number of nitrogens with zero attached hydrogens (tertiary/aromatic N) is 1. The fraction of sp³-hybridized carbons (Fsp3) is 0.125. The molecule has 1 heterocycles. The van der Waals surface area contributed by atoms with Crippen molar-refractivity contribution in [2.75, 3.05) is 4.90 Å². The maximum absolute atomic E-state index is 14.8. The van der Waals surface area contributed by atoms with Crippen molar-refractivity contribution >= 4 is 17.2 Å². The fourth-order valence-electron chi connectivity index (χ4n) is 3.60. The first-order valence-electron chi connectivity index (χ1n) is 9.12. The van der Waals surface area contributed by atoms with Gasteiger partial charge < -0.3 is 5.11 Å². The Labute approximate surface area is 163 Å². The molecule has 4 heteroatoms. The van der Waals surface area contributed by atoms with E-state index in [0.717, 1.165) is 11.1 Å². The van der Waals surface area contributed by atoms with E-state index in [0.29, 0.717) is 22.4 Å². The number of carbonyl (C=O) groups excluding carboxylic acids is 1. The minimum atomic E-state index is -0.751. The summed E-state index contributed by atoms with van der Waals surface area (Å²) in [5, 5.41) is 10.8. The molecule has 1 N–H and O–H groups in total. The quantitative estimate of drug-likeness (QED) is 0.659. The average molecular weight is 373 g/mol. The lowest BCUT2D eigenvalue weighted by Gasteiger charge is -2.28. The van der Waals surface area contributed by atoms with Crippen molar-refractivity contribution in [3.63, 3.8) is 0 Å². The molecule has 0 bridgehead atoms. The summed E-state index contributed by atoms with van der Waals surface area (Å²) in [6, 6.07) is 20.5. The topological polar surface area (TPSA) is 40.5 Å². The largest absolute Gasteiger partial charge is 0.503 e. The van der Waals surface area contributed by atoms with Crippen molar-refractivity contribution in [2.45, 2.75) is 19.9 Å². The van der Waals surface area contributed by atoms with E-state index in [9.17, 15) is 14.3 Å². The third kappa shape index (κ3) is 2.97. The summed E-state index contributed by atoms with van der Waals surface area (Å²) < 4.78 is 14.8. The Morgan fingerprint density at radius 3 is 2.04 bits per heavy atom. The monoisotopic (exact) mass is 373 g/mol. The molecule has 3 aromatic carbocycles. The van der Waals surface area contributed by atoms with Gasteiger partial charge in [-0.3, -0.25) is 9.69 Å². The summed E-state index contributed by atoms with van der Waals surface area (Å²) in [5.74, 6) is -1.30. The zero-order valence-corrected chi connectivity index (χ0v) is 15.7. The summed E-state index contributed by atoms with van der Waals surface area (Å²) in [4.78, 5) is 14.5. The minimum absolute atomic E-state index is 0.344. The first-order valence-corrected chi connectivity index (χ1v) is 9.12. The van der Waals surface area contributed by atoms with Crippen molar-refractivity contribution in [2.24, 2.45) is 0 Å². The van der Waals surface area contributed by atoms with Gasteiger partial charge in [0.2, 0.25) is 0 Å². The second kappa shape index (κ2) is 6.97. The molecule has 0 unspecified atom stereocenters. The van der Waals surface area contributed by atoms with Gasteiger partial charge >= 0.3 is 0 Å². The molecule has 0 fully saturated rings. The van der Waals surface area contributed by atoms with Crippen LogP contribution in [0.15, 0.2) is 78.6 Å². The Kier molecular flexibility index (Phi) is 4.47. The highest BCUT2D eigenvalue weighted by Crippen LogP contribution is 2.45. The molecule has 0 saturated carbocycles. The van der Waals surface area contributed by atoms with Gasteiger partial charge in [-0.25, -0.2) is 4.39 Å². The second-order valence-corrected chi connectivity index (χ2v) is 7.06. The number of rotatable bonds is 3. The van der Waals surface area contributed by atoms with E-state index < -0.39 is 17.8 Å². The third-order valence-corrected chi connectivity index (χ3v) is 5.08. The van der Waals surface area contributed by atoms with Crippen molar-refractivity contribution in [3.05, 3.63) is 107 Å². The smallest absolute Gasteiger partial charge is 0.294 e. The molecule has 28 heavy (non-hydrogen) atoms. The Balaban J connectivity index is 1.93. The van der Waals surface area contributed by atoms with Gasteiger partial charge in [0.1, 0.15) is 5.82 Å². The number of hydrogen-bond donors (Lipinski definition) is 1. The van der Waals surface area contributed by atoms with Crippen LogP contribution in [0.5, 0.6) is 0 Å². The number of hydrogen-bond acceptors (Lipinski definition) is 2. The maximum Gasteiger partial charge on any atom is 0.294 e. The van der Waals surface area contributed by atoms with Crippen molar-refractivity contribution in [1.29, 1.82) is 0 Å². The summed E-state index contributed by atoms with van der Waals surface area (Å²) in [5.41, 5.74) is 4.17. The van der Waals surface area contributed by atoms with Crippen LogP contribution in [0, 0.1) is 19.7 Å². The van der Waals surface area contributed by atoms with Crippen molar-refractivity contribution < 1.29 is 14.3 Å². The van der Waals surface area contributed by atoms with Gasteiger partial charge in [-0.15, -0.1) is 0 Å². The number of amides is 1. The molecule has 4 rings (SSSR count). The fourth-order valence-corrected chi connectivity index (χ4v) is 3.60. The highest BCUT2D eigenvalue weighted by atomic mass is 19.1. The number of halogens is 1. The maximum atomic E-state index is 14.8. The van der Waals surface area contributed by atoms with Crippen molar-refractivity contribution in [3.8, 4) is 0 Å². The van der Waals surface area contributed by atoms with E-state index in [1.807, 2.05) is 62.4 Å². The van der Waals surface area contributed by atoms with E-state index in [1.165, 1.54) is 11.0 Å². The lowest BCUT2D eigenvalue weighted by atomic mass is 9.92. The Hall–Kier alpha value is -3.40. The number of carbonyl (C=O) groups is 1. The number of aryl methyl sites for hydroxylation is 2. The van der Waals surface area contributed by atoms with Crippen LogP contribution in [0.2, 0.25) is 0 Å². The van der Waals surface area contributed by atoms with Gasteiger partial charge in [0.25, 0.3) is 5.91 Å². The summed E-state index contributed by atoms with van der Waals surface area (Å²) >= 11 is 0. The first-order chi connectivity index (χ1) is 13.5. The van der Waals surface area contributed by atoms with Crippen LogP contribution in [-0.4, -0.2) is 11.0 Å². The van der Waals surface area contributed by atoms with Gasteiger partial charge in [-0.2, -0.15) is 0 Å². The van der Waals surface area contributed by atoms with Crippen LogP contribution < -0.4 is 4.90 Å². The summed E-state index contributed by atoms with van der Waals surface area (Å²) in [7, 11) is 0. The molecule has 1 atom stereocenters. The zero-order chi connectivity index (χ0) is 19.8.